The molecule has 2 amide bonds. The molecule has 44 heavy (non-hydrogen) atoms. The van der Waals surface area contributed by atoms with Crippen LogP contribution in [0.25, 0.3) is 0 Å². The molecule has 4 aromatic carbocycles. The molecule has 4 rings (SSSR count). The zero-order valence-corrected chi connectivity index (χ0v) is 26.3. The highest BCUT2D eigenvalue weighted by atomic mass is 32.2. The van der Waals surface area contributed by atoms with Crippen molar-refractivity contribution in [3.63, 3.8) is 0 Å². The Bertz CT molecular complexity index is 1640. The first kappa shape index (κ1) is 32.3. The first-order chi connectivity index (χ1) is 21.0. The molecule has 0 saturated carbocycles. The standard InChI is InChI=1S/C35H39N3O5S/c1-35(2,3)36-34(40)31(24-27-16-8-5-9-17-27)37(25-28-18-10-6-11-19-28)33(39)26-38(30-22-14-15-23-32(30)43-4)44(41,42)29-20-12-7-13-21-29/h5-23,31H,24-26H2,1-4H3,(H,36,40)/t31-/m0/s1. The third-order valence-corrected chi connectivity index (χ3v) is 8.70. The quantitative estimate of drug-likeness (QED) is 0.230. The highest BCUT2D eigenvalue weighted by Gasteiger charge is 2.36. The van der Waals surface area contributed by atoms with Crippen molar-refractivity contribution in [2.24, 2.45) is 0 Å². The lowest BCUT2D eigenvalue weighted by Gasteiger charge is -2.35. The van der Waals surface area contributed by atoms with E-state index in [1.165, 1.54) is 24.1 Å². The van der Waals surface area contributed by atoms with Crippen LogP contribution in [0.2, 0.25) is 0 Å². The Morgan fingerprint density at radius 3 is 1.86 bits per heavy atom. The van der Waals surface area contributed by atoms with Gasteiger partial charge in [0.2, 0.25) is 11.8 Å². The van der Waals surface area contributed by atoms with Crippen LogP contribution in [0.3, 0.4) is 0 Å². The maximum atomic E-state index is 14.5. The number of hydrogen-bond donors (Lipinski definition) is 1. The SMILES string of the molecule is COc1ccccc1N(CC(=O)N(Cc1ccccc1)[C@@H](Cc1ccccc1)C(=O)NC(C)(C)C)S(=O)(=O)c1ccccc1. The zero-order chi connectivity index (χ0) is 31.7. The molecule has 1 atom stereocenters. The number of anilines is 1. The van der Waals surface area contributed by atoms with Crippen molar-refractivity contribution in [3.8, 4) is 5.75 Å². The summed E-state index contributed by atoms with van der Waals surface area (Å²) in [4.78, 5) is 29.9. The molecule has 1 N–H and O–H groups in total. The van der Waals surface area contributed by atoms with Crippen LogP contribution >= 0.6 is 0 Å². The summed E-state index contributed by atoms with van der Waals surface area (Å²) in [5.41, 5.74) is 1.32. The minimum atomic E-state index is -4.22. The van der Waals surface area contributed by atoms with E-state index in [4.69, 9.17) is 4.74 Å². The van der Waals surface area contributed by atoms with E-state index in [9.17, 15) is 18.0 Å². The Labute approximate surface area is 260 Å². The number of methoxy groups -OCH3 is 1. The van der Waals surface area contributed by atoms with Crippen molar-refractivity contribution in [2.75, 3.05) is 18.0 Å². The smallest absolute Gasteiger partial charge is 0.264 e. The van der Waals surface area contributed by atoms with E-state index in [1.807, 2.05) is 81.4 Å². The number of nitrogens with zero attached hydrogens (tertiary/aromatic N) is 2. The normalized spacial score (nSPS) is 12.2. The second-order valence-electron chi connectivity index (χ2n) is 11.4. The number of hydrogen-bond acceptors (Lipinski definition) is 5. The van der Waals surface area contributed by atoms with Crippen LogP contribution in [-0.2, 0) is 32.6 Å². The first-order valence-electron chi connectivity index (χ1n) is 14.4. The largest absolute Gasteiger partial charge is 0.495 e. The van der Waals surface area contributed by atoms with Crippen molar-refractivity contribution < 1.29 is 22.7 Å². The molecular weight excluding hydrogens is 574 g/mol. The number of sulfonamides is 1. The fraction of sp³-hybridized carbons (Fsp3) is 0.257. The number of para-hydroxylation sites is 2. The van der Waals surface area contributed by atoms with E-state index in [2.05, 4.69) is 5.32 Å². The lowest BCUT2D eigenvalue weighted by Crippen LogP contribution is -2.56. The molecule has 9 heteroatoms. The van der Waals surface area contributed by atoms with Gasteiger partial charge in [-0.3, -0.25) is 13.9 Å². The summed E-state index contributed by atoms with van der Waals surface area (Å²) in [6, 6.07) is 32.5. The number of ether oxygens (including phenoxy) is 1. The fourth-order valence-corrected chi connectivity index (χ4v) is 6.30. The molecule has 0 fully saturated rings. The third-order valence-electron chi connectivity index (χ3n) is 6.93. The highest BCUT2D eigenvalue weighted by molar-refractivity contribution is 7.92. The maximum absolute atomic E-state index is 14.5. The van der Waals surface area contributed by atoms with Crippen LogP contribution in [0.4, 0.5) is 5.69 Å². The molecular formula is C35H39N3O5S. The molecule has 0 saturated heterocycles. The van der Waals surface area contributed by atoms with E-state index in [1.54, 1.807) is 42.5 Å². The molecule has 0 aromatic heterocycles. The van der Waals surface area contributed by atoms with Crippen LogP contribution in [-0.4, -0.2) is 50.4 Å². The van der Waals surface area contributed by atoms with Crippen molar-refractivity contribution >= 4 is 27.5 Å². The topological polar surface area (TPSA) is 96.0 Å². The minimum absolute atomic E-state index is 0.0274. The lowest BCUT2D eigenvalue weighted by molar-refractivity contribution is -0.140. The summed E-state index contributed by atoms with van der Waals surface area (Å²) in [6.07, 6.45) is 0.238. The molecule has 8 nitrogen and oxygen atoms in total. The molecule has 230 valence electrons. The minimum Gasteiger partial charge on any atom is -0.495 e. The second-order valence-corrected chi connectivity index (χ2v) is 13.3. The van der Waals surface area contributed by atoms with E-state index in [-0.39, 0.29) is 29.5 Å². The molecule has 0 spiro atoms. The van der Waals surface area contributed by atoms with Crippen LogP contribution in [0.5, 0.6) is 5.75 Å². The van der Waals surface area contributed by atoms with Gasteiger partial charge in [0.05, 0.1) is 17.7 Å². The van der Waals surface area contributed by atoms with Gasteiger partial charge in [-0.25, -0.2) is 8.42 Å². The van der Waals surface area contributed by atoms with Crippen molar-refractivity contribution in [3.05, 3.63) is 126 Å². The highest BCUT2D eigenvalue weighted by Crippen LogP contribution is 2.32. The summed E-state index contributed by atoms with van der Waals surface area (Å²) in [7, 11) is -2.77. The second kappa shape index (κ2) is 14.2. The summed E-state index contributed by atoms with van der Waals surface area (Å²) in [6.45, 7) is 5.18. The first-order valence-corrected chi connectivity index (χ1v) is 15.8. The molecule has 0 aliphatic carbocycles. The van der Waals surface area contributed by atoms with Gasteiger partial charge in [-0.2, -0.15) is 0 Å². The molecule has 0 aliphatic heterocycles. The molecule has 0 heterocycles. The van der Waals surface area contributed by atoms with Crippen LogP contribution in [0, 0.1) is 0 Å². The van der Waals surface area contributed by atoms with Crippen molar-refractivity contribution in [2.45, 2.75) is 50.2 Å². The average Bonchev–Trinajstić information content (AvgIpc) is 3.02. The van der Waals surface area contributed by atoms with Gasteiger partial charge in [0.15, 0.2) is 0 Å². The molecule has 0 bridgehead atoms. The lowest BCUT2D eigenvalue weighted by atomic mass is 10.0. The summed E-state index contributed by atoms with van der Waals surface area (Å²) >= 11 is 0. The number of carbonyl (C=O) groups excluding carboxylic acids is 2. The fourth-order valence-electron chi connectivity index (χ4n) is 4.86. The Kier molecular flexibility index (Phi) is 10.4. The molecule has 4 aromatic rings. The zero-order valence-electron chi connectivity index (χ0n) is 25.5. The molecule has 0 aliphatic rings. The van der Waals surface area contributed by atoms with E-state index in [0.29, 0.717) is 5.75 Å². The molecule has 0 unspecified atom stereocenters. The van der Waals surface area contributed by atoms with Crippen LogP contribution in [0.1, 0.15) is 31.9 Å². The number of nitrogens with one attached hydrogen (secondary N) is 1. The van der Waals surface area contributed by atoms with Gasteiger partial charge in [0, 0.05) is 18.5 Å². The van der Waals surface area contributed by atoms with Crippen molar-refractivity contribution in [1.82, 2.24) is 10.2 Å². The van der Waals surface area contributed by atoms with Crippen molar-refractivity contribution in [1.29, 1.82) is 0 Å². The van der Waals surface area contributed by atoms with Gasteiger partial charge in [-0.15, -0.1) is 0 Å². The van der Waals surface area contributed by atoms with Gasteiger partial charge >= 0.3 is 0 Å². The number of carbonyl (C=O) groups is 2. The van der Waals surface area contributed by atoms with Gasteiger partial charge < -0.3 is 15.0 Å². The summed E-state index contributed by atoms with van der Waals surface area (Å²) in [5.74, 6) is -0.578. The Morgan fingerprint density at radius 1 is 0.773 bits per heavy atom. The predicted octanol–water partition coefficient (Wildman–Crippen LogP) is 5.45. The predicted molar refractivity (Wildman–Crippen MR) is 173 cm³/mol. The van der Waals surface area contributed by atoms with Gasteiger partial charge in [-0.1, -0.05) is 91.0 Å². The van der Waals surface area contributed by atoms with Crippen LogP contribution in [0.15, 0.2) is 120 Å². The van der Waals surface area contributed by atoms with Gasteiger partial charge in [-0.05, 0) is 56.2 Å². The van der Waals surface area contributed by atoms with E-state index in [0.717, 1.165) is 15.4 Å². The molecule has 0 radical (unpaired) electrons. The number of amides is 2. The Morgan fingerprint density at radius 2 is 1.30 bits per heavy atom. The monoisotopic (exact) mass is 613 g/mol. The van der Waals surface area contributed by atoms with Gasteiger partial charge in [0.1, 0.15) is 18.3 Å². The average molecular weight is 614 g/mol. The summed E-state index contributed by atoms with van der Waals surface area (Å²) < 4.78 is 34.8. The Hall–Kier alpha value is -4.63. The third kappa shape index (κ3) is 8.26. The maximum Gasteiger partial charge on any atom is 0.264 e. The van der Waals surface area contributed by atoms with E-state index < -0.39 is 34.1 Å². The summed E-state index contributed by atoms with van der Waals surface area (Å²) in [5, 5.41) is 3.04. The van der Waals surface area contributed by atoms with Gasteiger partial charge in [0.25, 0.3) is 10.0 Å². The number of rotatable bonds is 12. The Balaban J connectivity index is 1.82. The number of benzene rings is 4. The van der Waals surface area contributed by atoms with E-state index >= 15 is 0 Å². The van der Waals surface area contributed by atoms with Crippen LogP contribution < -0.4 is 14.4 Å².